The highest BCUT2D eigenvalue weighted by Crippen LogP contribution is 2.06. The summed E-state index contributed by atoms with van der Waals surface area (Å²) in [5, 5.41) is 11.0. The van der Waals surface area contributed by atoms with Crippen LogP contribution in [0.25, 0.3) is 0 Å². The van der Waals surface area contributed by atoms with Crippen LogP contribution in [0.15, 0.2) is 54.9 Å². The van der Waals surface area contributed by atoms with Gasteiger partial charge in [-0.1, -0.05) is 30.3 Å². The molecule has 16 heavy (non-hydrogen) atoms. The molecule has 0 saturated carbocycles. The molecule has 0 aliphatic rings. The molecule has 0 atom stereocenters. The van der Waals surface area contributed by atoms with E-state index in [-0.39, 0.29) is 0 Å². The van der Waals surface area contributed by atoms with E-state index in [0.29, 0.717) is 0 Å². The van der Waals surface area contributed by atoms with Crippen molar-refractivity contribution in [3.8, 4) is 0 Å². The van der Waals surface area contributed by atoms with Crippen molar-refractivity contribution in [3.05, 3.63) is 71.2 Å². The molecule has 0 bridgehead atoms. The minimum absolute atomic E-state index is 0.859. The van der Waals surface area contributed by atoms with Gasteiger partial charge in [0, 0.05) is 11.6 Å². The minimum Gasteiger partial charge on any atom is -0.619 e. The van der Waals surface area contributed by atoms with Crippen molar-refractivity contribution in [2.75, 3.05) is 0 Å². The molecule has 82 valence electrons. The molecule has 0 N–H and O–H groups in total. The molecule has 2 nitrogen and oxygen atoms in total. The summed E-state index contributed by atoms with van der Waals surface area (Å²) < 4.78 is 0.859. The van der Waals surface area contributed by atoms with Gasteiger partial charge in [-0.15, -0.1) is 0 Å². The van der Waals surface area contributed by atoms with Crippen LogP contribution in [0.4, 0.5) is 0 Å². The molecule has 2 heteroatoms. The van der Waals surface area contributed by atoms with Gasteiger partial charge in [0.25, 0.3) is 0 Å². The maximum Gasteiger partial charge on any atom is 0.183 e. The van der Waals surface area contributed by atoms with E-state index >= 15 is 0 Å². The Morgan fingerprint density at radius 2 is 1.56 bits per heavy atom. The lowest BCUT2D eigenvalue weighted by molar-refractivity contribution is -0.605. The van der Waals surface area contributed by atoms with Crippen molar-refractivity contribution in [2.24, 2.45) is 0 Å². The quantitative estimate of drug-likeness (QED) is 0.566. The van der Waals surface area contributed by atoms with Crippen molar-refractivity contribution in [2.45, 2.75) is 19.3 Å². The number of nitrogens with zero attached hydrogens (tertiary/aromatic N) is 1. The summed E-state index contributed by atoms with van der Waals surface area (Å²) >= 11 is 0. The molecule has 0 aliphatic carbocycles. The molecule has 0 radical (unpaired) electrons. The first-order chi connectivity index (χ1) is 7.84. The van der Waals surface area contributed by atoms with Gasteiger partial charge in [-0.2, -0.15) is 4.73 Å². The van der Waals surface area contributed by atoms with Crippen LogP contribution in [0.5, 0.6) is 0 Å². The van der Waals surface area contributed by atoms with Gasteiger partial charge in [0.05, 0.1) is 0 Å². The number of aromatic nitrogens is 1. The van der Waals surface area contributed by atoms with E-state index in [4.69, 9.17) is 0 Å². The lowest BCUT2D eigenvalue weighted by atomic mass is 10.1. The van der Waals surface area contributed by atoms with Crippen molar-refractivity contribution in [1.82, 2.24) is 0 Å². The Morgan fingerprint density at radius 1 is 0.875 bits per heavy atom. The molecule has 0 saturated heterocycles. The molecule has 0 spiro atoms. The highest BCUT2D eigenvalue weighted by Gasteiger charge is 1.98. The highest BCUT2D eigenvalue weighted by molar-refractivity contribution is 5.15. The van der Waals surface area contributed by atoms with Crippen molar-refractivity contribution in [3.63, 3.8) is 0 Å². The average molecular weight is 213 g/mol. The lowest BCUT2D eigenvalue weighted by Gasteiger charge is -2.02. The lowest BCUT2D eigenvalue weighted by Crippen LogP contribution is -2.24. The summed E-state index contributed by atoms with van der Waals surface area (Å²) in [6, 6.07) is 14.2. The molecule has 2 rings (SSSR count). The van der Waals surface area contributed by atoms with Crippen LogP contribution in [0.2, 0.25) is 0 Å². The summed E-state index contributed by atoms with van der Waals surface area (Å²) in [5.74, 6) is 0. The Bertz CT molecular complexity index is 439. The average Bonchev–Trinajstić information content (AvgIpc) is 2.30. The normalized spacial score (nSPS) is 10.2. The largest absolute Gasteiger partial charge is 0.619 e. The molecule has 0 aliphatic heterocycles. The van der Waals surface area contributed by atoms with Crippen LogP contribution in [0, 0.1) is 5.21 Å². The highest BCUT2D eigenvalue weighted by atomic mass is 16.5. The predicted octanol–water partition coefficient (Wildman–Crippen LogP) is 2.50. The molecular weight excluding hydrogens is 198 g/mol. The Hall–Kier alpha value is -1.83. The van der Waals surface area contributed by atoms with Crippen LogP contribution in [0.3, 0.4) is 0 Å². The topological polar surface area (TPSA) is 26.9 Å². The van der Waals surface area contributed by atoms with Gasteiger partial charge < -0.3 is 5.21 Å². The fraction of sp³-hybridized carbons (Fsp3) is 0.214. The third-order valence-electron chi connectivity index (χ3n) is 2.61. The Balaban J connectivity index is 1.85. The van der Waals surface area contributed by atoms with E-state index in [9.17, 15) is 5.21 Å². The predicted molar refractivity (Wildman–Crippen MR) is 63.9 cm³/mol. The summed E-state index contributed by atoms with van der Waals surface area (Å²) in [7, 11) is 0. The number of rotatable bonds is 4. The number of hydrogen-bond donors (Lipinski definition) is 0. The maximum atomic E-state index is 11.0. The van der Waals surface area contributed by atoms with Gasteiger partial charge >= 0.3 is 0 Å². The van der Waals surface area contributed by atoms with Crippen LogP contribution >= 0.6 is 0 Å². The molecule has 0 unspecified atom stereocenters. The smallest absolute Gasteiger partial charge is 0.183 e. The Labute approximate surface area is 95.8 Å². The van der Waals surface area contributed by atoms with Crippen LogP contribution in [-0.4, -0.2) is 0 Å². The van der Waals surface area contributed by atoms with E-state index in [1.165, 1.54) is 11.8 Å². The first-order valence-electron chi connectivity index (χ1n) is 5.56. The van der Waals surface area contributed by atoms with Crippen molar-refractivity contribution >= 4 is 0 Å². The zero-order valence-electron chi connectivity index (χ0n) is 9.17. The summed E-state index contributed by atoms with van der Waals surface area (Å²) in [4.78, 5) is 0. The molecule has 0 amide bonds. The van der Waals surface area contributed by atoms with E-state index < -0.39 is 0 Å². The molecule has 1 heterocycles. The summed E-state index contributed by atoms with van der Waals surface area (Å²) in [6.45, 7) is 0. The second-order valence-corrected chi connectivity index (χ2v) is 3.91. The molecular formula is C14H15NO. The first-order valence-corrected chi connectivity index (χ1v) is 5.56. The van der Waals surface area contributed by atoms with Gasteiger partial charge in [0.1, 0.15) is 0 Å². The van der Waals surface area contributed by atoms with Crippen molar-refractivity contribution < 1.29 is 4.73 Å². The molecule has 0 fully saturated rings. The standard InChI is InChI=1S/C14H15NO/c16-15-11-5-10-14(12-15)9-4-8-13-6-2-1-3-7-13/h1-3,5-7,10-12H,4,8-9H2. The van der Waals surface area contributed by atoms with E-state index in [1.54, 1.807) is 12.3 Å². The second-order valence-electron chi connectivity index (χ2n) is 3.91. The SMILES string of the molecule is [O-][n+]1cccc(CCCc2ccccc2)c1. The first kappa shape index (κ1) is 10.7. The van der Waals surface area contributed by atoms with Gasteiger partial charge in [-0.25, -0.2) is 0 Å². The molecule has 1 aromatic carbocycles. The zero-order chi connectivity index (χ0) is 11.2. The summed E-state index contributed by atoms with van der Waals surface area (Å²) in [6.07, 6.45) is 6.26. The van der Waals surface area contributed by atoms with Crippen LogP contribution in [0.1, 0.15) is 17.5 Å². The van der Waals surface area contributed by atoms with Gasteiger partial charge in [0.2, 0.25) is 0 Å². The number of hydrogen-bond acceptors (Lipinski definition) is 1. The summed E-state index contributed by atoms with van der Waals surface area (Å²) in [5.41, 5.74) is 2.46. The fourth-order valence-corrected chi connectivity index (χ4v) is 1.79. The minimum atomic E-state index is 0.859. The van der Waals surface area contributed by atoms with E-state index in [1.807, 2.05) is 12.1 Å². The van der Waals surface area contributed by atoms with Gasteiger partial charge in [-0.3, -0.25) is 0 Å². The van der Waals surface area contributed by atoms with Gasteiger partial charge in [0.15, 0.2) is 12.4 Å². The van der Waals surface area contributed by atoms with Crippen LogP contribution < -0.4 is 4.73 Å². The number of pyridine rings is 1. The third kappa shape index (κ3) is 3.09. The Kier molecular flexibility index (Phi) is 3.54. The number of benzene rings is 1. The fourth-order valence-electron chi connectivity index (χ4n) is 1.79. The monoisotopic (exact) mass is 213 g/mol. The molecule has 1 aromatic heterocycles. The Morgan fingerprint density at radius 3 is 2.31 bits per heavy atom. The molecule has 2 aromatic rings. The van der Waals surface area contributed by atoms with E-state index in [0.717, 1.165) is 29.6 Å². The second kappa shape index (κ2) is 5.31. The van der Waals surface area contributed by atoms with Crippen molar-refractivity contribution in [1.29, 1.82) is 0 Å². The van der Waals surface area contributed by atoms with Crippen LogP contribution in [-0.2, 0) is 12.8 Å². The third-order valence-corrected chi connectivity index (χ3v) is 2.61. The zero-order valence-corrected chi connectivity index (χ0v) is 9.17. The maximum absolute atomic E-state index is 11.0. The van der Waals surface area contributed by atoms with Gasteiger partial charge in [-0.05, 0) is 30.9 Å². The number of aryl methyl sites for hydroxylation is 2. The van der Waals surface area contributed by atoms with E-state index in [2.05, 4.69) is 24.3 Å².